The summed E-state index contributed by atoms with van der Waals surface area (Å²) in [4.78, 5) is 27.8. The van der Waals surface area contributed by atoms with E-state index in [-0.39, 0.29) is 23.3 Å². The lowest BCUT2D eigenvalue weighted by atomic mass is 10.2. The fraction of sp³-hybridized carbons (Fsp3) is 0.556. The number of methoxy groups -OCH3 is 1. The number of nitrogens with zero attached hydrogens (tertiary/aromatic N) is 1. The van der Waals surface area contributed by atoms with Crippen LogP contribution >= 0.6 is 23.4 Å². The Bertz CT molecular complexity index is 653. The van der Waals surface area contributed by atoms with E-state index in [1.165, 1.54) is 7.11 Å². The highest BCUT2D eigenvalue weighted by Gasteiger charge is 2.43. The molecule has 3 rings (SSSR count). The second-order valence-corrected chi connectivity index (χ2v) is 8.20. The summed E-state index contributed by atoms with van der Waals surface area (Å²) in [5.74, 6) is 0.716. The van der Waals surface area contributed by atoms with Crippen LogP contribution in [0.5, 0.6) is 0 Å². The zero-order valence-corrected chi connectivity index (χ0v) is 16.1. The summed E-state index contributed by atoms with van der Waals surface area (Å²) in [6.45, 7) is 2.88. The van der Waals surface area contributed by atoms with Gasteiger partial charge in [0.2, 0.25) is 0 Å². The number of benzene rings is 1. The molecule has 0 spiro atoms. The van der Waals surface area contributed by atoms with Crippen molar-refractivity contribution in [2.45, 2.75) is 37.2 Å². The van der Waals surface area contributed by atoms with Gasteiger partial charge in [0.1, 0.15) is 5.37 Å². The Labute approximate surface area is 157 Å². The standard InChI is InChI=1S/C18H23ClN2O3S/c1-12(18(23)24-2)21(13-7-8-13)11-16(22)20-9-10-25-17(20)14-5-3-4-6-15(14)19/h3-6,12-13,17H,7-11H2,1-2H3/p+1/t12-,17-/m1/s1. The summed E-state index contributed by atoms with van der Waals surface area (Å²) in [5, 5.41) is 0.643. The van der Waals surface area contributed by atoms with Crippen molar-refractivity contribution in [2.24, 2.45) is 0 Å². The van der Waals surface area contributed by atoms with Crippen molar-refractivity contribution in [3.8, 4) is 0 Å². The molecule has 7 heteroatoms. The third-order valence-electron chi connectivity index (χ3n) is 4.95. The smallest absolute Gasteiger partial charge is 0.364 e. The van der Waals surface area contributed by atoms with Crippen molar-refractivity contribution < 1.29 is 19.2 Å². The van der Waals surface area contributed by atoms with E-state index in [2.05, 4.69) is 0 Å². The van der Waals surface area contributed by atoms with Crippen LogP contribution in [0.15, 0.2) is 24.3 Å². The first-order valence-corrected chi connectivity index (χ1v) is 10.0. The van der Waals surface area contributed by atoms with Crippen LogP contribution in [0.2, 0.25) is 5.02 Å². The molecule has 1 aliphatic carbocycles. The number of hydrogen-bond donors (Lipinski definition) is 1. The molecule has 5 nitrogen and oxygen atoms in total. The number of rotatable bonds is 6. The number of amides is 1. The molecule has 1 saturated carbocycles. The molecule has 1 amide bonds. The first-order chi connectivity index (χ1) is 12.0. The van der Waals surface area contributed by atoms with E-state index in [1.807, 2.05) is 36.1 Å². The second kappa shape index (κ2) is 7.98. The van der Waals surface area contributed by atoms with E-state index in [4.69, 9.17) is 16.3 Å². The maximum Gasteiger partial charge on any atom is 0.364 e. The fourth-order valence-electron chi connectivity index (χ4n) is 3.37. The van der Waals surface area contributed by atoms with E-state index in [9.17, 15) is 9.59 Å². The molecule has 1 unspecified atom stereocenters. The lowest BCUT2D eigenvalue weighted by Crippen LogP contribution is -3.18. The van der Waals surface area contributed by atoms with Crippen LogP contribution in [0.4, 0.5) is 0 Å². The Kier molecular flexibility index (Phi) is 5.92. The van der Waals surface area contributed by atoms with Crippen LogP contribution in [0.3, 0.4) is 0 Å². The van der Waals surface area contributed by atoms with Gasteiger partial charge in [0.25, 0.3) is 5.91 Å². The molecule has 0 bridgehead atoms. The van der Waals surface area contributed by atoms with E-state index >= 15 is 0 Å². The highest BCUT2D eigenvalue weighted by molar-refractivity contribution is 7.99. The first kappa shape index (κ1) is 18.5. The van der Waals surface area contributed by atoms with Crippen molar-refractivity contribution in [1.82, 2.24) is 4.90 Å². The highest BCUT2D eigenvalue weighted by Crippen LogP contribution is 2.40. The zero-order valence-electron chi connectivity index (χ0n) is 14.5. The molecule has 25 heavy (non-hydrogen) atoms. The number of nitrogens with one attached hydrogen (secondary N) is 1. The molecule has 0 radical (unpaired) electrons. The quantitative estimate of drug-likeness (QED) is 0.757. The topological polar surface area (TPSA) is 51.1 Å². The van der Waals surface area contributed by atoms with E-state index in [1.54, 1.807) is 11.8 Å². The molecule has 2 fully saturated rings. The third kappa shape index (κ3) is 4.13. The minimum atomic E-state index is -0.324. The maximum absolute atomic E-state index is 13.0. The van der Waals surface area contributed by atoms with Crippen molar-refractivity contribution in [2.75, 3.05) is 26.0 Å². The van der Waals surface area contributed by atoms with Gasteiger partial charge in [0, 0.05) is 35.7 Å². The van der Waals surface area contributed by atoms with E-state index < -0.39 is 0 Å². The van der Waals surface area contributed by atoms with Gasteiger partial charge < -0.3 is 14.5 Å². The number of carbonyl (C=O) groups excluding carboxylic acids is 2. The van der Waals surface area contributed by atoms with Crippen LogP contribution in [-0.4, -0.2) is 54.8 Å². The van der Waals surface area contributed by atoms with Gasteiger partial charge in [0.05, 0.1) is 13.2 Å². The van der Waals surface area contributed by atoms with Gasteiger partial charge in [-0.1, -0.05) is 29.8 Å². The number of thioether (sulfide) groups is 1. The molecule has 1 N–H and O–H groups in total. The minimum Gasteiger partial charge on any atom is -0.465 e. The van der Waals surface area contributed by atoms with Crippen LogP contribution < -0.4 is 4.90 Å². The molecule has 1 heterocycles. The summed E-state index contributed by atoms with van der Waals surface area (Å²) >= 11 is 8.07. The predicted molar refractivity (Wildman–Crippen MR) is 98.7 cm³/mol. The van der Waals surface area contributed by atoms with Crippen LogP contribution in [-0.2, 0) is 14.3 Å². The van der Waals surface area contributed by atoms with Crippen molar-refractivity contribution in [1.29, 1.82) is 0 Å². The first-order valence-electron chi connectivity index (χ1n) is 8.62. The lowest BCUT2D eigenvalue weighted by molar-refractivity contribution is -0.918. The van der Waals surface area contributed by atoms with E-state index in [0.717, 1.165) is 29.1 Å². The Morgan fingerprint density at radius 2 is 2.12 bits per heavy atom. The number of esters is 1. The number of hydrogen-bond acceptors (Lipinski definition) is 4. The highest BCUT2D eigenvalue weighted by atomic mass is 35.5. The monoisotopic (exact) mass is 383 g/mol. The van der Waals surface area contributed by atoms with Gasteiger partial charge in [-0.05, 0) is 13.0 Å². The molecule has 1 aromatic rings. The Hall–Kier alpha value is -1.24. The SMILES string of the molecule is COC(=O)[C@@H](C)[NH+](CC(=O)N1CCS[C@@H]1c1ccccc1Cl)C1CC1. The predicted octanol–water partition coefficient (Wildman–Crippen LogP) is 1.52. The number of carbonyl (C=O) groups is 2. The van der Waals surface area contributed by atoms with Crippen molar-refractivity contribution in [3.05, 3.63) is 34.9 Å². The summed E-state index contributed by atoms with van der Waals surface area (Å²) in [6.07, 6.45) is 2.12. The average molecular weight is 384 g/mol. The van der Waals surface area contributed by atoms with Crippen LogP contribution in [0.25, 0.3) is 0 Å². The third-order valence-corrected chi connectivity index (χ3v) is 6.54. The molecular formula is C18H24ClN2O3S+. The molecular weight excluding hydrogens is 360 g/mol. The summed E-state index contributed by atoms with van der Waals surface area (Å²) in [5.41, 5.74) is 0.981. The zero-order chi connectivity index (χ0) is 18.0. The summed E-state index contributed by atoms with van der Waals surface area (Å²) < 4.78 is 4.88. The number of ether oxygens (including phenoxy) is 1. The van der Waals surface area contributed by atoms with Crippen LogP contribution in [0.1, 0.15) is 30.7 Å². The normalized spacial score (nSPS) is 22.5. The largest absolute Gasteiger partial charge is 0.465 e. The molecule has 1 aliphatic heterocycles. The Morgan fingerprint density at radius 3 is 2.76 bits per heavy atom. The van der Waals surface area contributed by atoms with E-state index in [0.29, 0.717) is 24.2 Å². The van der Waals surface area contributed by atoms with Gasteiger partial charge in [0.15, 0.2) is 12.6 Å². The molecule has 1 aromatic carbocycles. The molecule has 0 aromatic heterocycles. The van der Waals surface area contributed by atoms with Gasteiger partial charge >= 0.3 is 5.97 Å². The summed E-state index contributed by atoms with van der Waals surface area (Å²) in [6, 6.07) is 7.74. The molecule has 3 atom stereocenters. The van der Waals surface area contributed by atoms with Gasteiger partial charge in [-0.25, -0.2) is 4.79 Å². The van der Waals surface area contributed by atoms with Gasteiger partial charge in [-0.3, -0.25) is 4.79 Å². The maximum atomic E-state index is 13.0. The Balaban J connectivity index is 1.73. The minimum absolute atomic E-state index is 0.0462. The molecule has 2 aliphatic rings. The van der Waals surface area contributed by atoms with Crippen molar-refractivity contribution in [3.63, 3.8) is 0 Å². The Morgan fingerprint density at radius 1 is 1.40 bits per heavy atom. The lowest BCUT2D eigenvalue weighted by Gasteiger charge is -2.29. The number of quaternary nitrogens is 1. The van der Waals surface area contributed by atoms with Gasteiger partial charge in [-0.15, -0.1) is 11.8 Å². The number of halogens is 1. The molecule has 1 saturated heterocycles. The second-order valence-electron chi connectivity index (χ2n) is 6.60. The summed E-state index contributed by atoms with van der Waals surface area (Å²) in [7, 11) is 1.40. The van der Waals surface area contributed by atoms with Crippen LogP contribution in [0, 0.1) is 0 Å². The average Bonchev–Trinajstić information content (AvgIpc) is 3.34. The fourth-order valence-corrected chi connectivity index (χ4v) is 4.99. The molecule has 136 valence electrons. The van der Waals surface area contributed by atoms with Gasteiger partial charge in [-0.2, -0.15) is 0 Å². The van der Waals surface area contributed by atoms with Crippen molar-refractivity contribution >= 4 is 35.2 Å².